The van der Waals surface area contributed by atoms with Crippen LogP contribution in [0.3, 0.4) is 0 Å². The van der Waals surface area contributed by atoms with Gasteiger partial charge in [0.05, 0.1) is 11.0 Å². The molecule has 45 heavy (non-hydrogen) atoms. The molecule has 9 rings (SSSR count). The van der Waals surface area contributed by atoms with Crippen LogP contribution < -0.4 is 0 Å². The summed E-state index contributed by atoms with van der Waals surface area (Å²) in [6.45, 7) is 0. The van der Waals surface area contributed by atoms with Crippen molar-refractivity contribution in [1.29, 1.82) is 0 Å². The van der Waals surface area contributed by atoms with Gasteiger partial charge < -0.3 is 4.57 Å². The molecule has 1 aromatic heterocycles. The fourth-order valence-electron chi connectivity index (χ4n) is 6.83. The van der Waals surface area contributed by atoms with Crippen LogP contribution in [-0.4, -0.2) is 4.57 Å². The number of hydrogen-bond acceptors (Lipinski definition) is 0. The van der Waals surface area contributed by atoms with Crippen LogP contribution in [0.15, 0.2) is 176 Å². The summed E-state index contributed by atoms with van der Waals surface area (Å²) in [7, 11) is 0. The maximum atomic E-state index is 2.39. The molecule has 0 unspecified atom stereocenters. The average molecular weight is 572 g/mol. The maximum Gasteiger partial charge on any atom is 0.0541 e. The fourth-order valence-corrected chi connectivity index (χ4v) is 6.83. The molecule has 0 saturated heterocycles. The Morgan fingerprint density at radius 2 is 0.689 bits per heavy atom. The Morgan fingerprint density at radius 3 is 1.29 bits per heavy atom. The molecule has 0 aliphatic heterocycles. The lowest BCUT2D eigenvalue weighted by molar-refractivity contribution is 1.18. The van der Waals surface area contributed by atoms with Gasteiger partial charge in [-0.1, -0.05) is 133 Å². The molecule has 210 valence electrons. The lowest BCUT2D eigenvalue weighted by atomic mass is 9.97. The Labute approximate surface area is 262 Å². The first-order valence-electron chi connectivity index (χ1n) is 15.5. The molecule has 0 saturated carbocycles. The van der Waals surface area contributed by atoms with Crippen molar-refractivity contribution in [2.45, 2.75) is 0 Å². The van der Waals surface area contributed by atoms with Crippen molar-refractivity contribution in [2.75, 3.05) is 0 Å². The molecule has 0 aliphatic rings. The number of para-hydroxylation sites is 1. The first-order chi connectivity index (χ1) is 22.3. The van der Waals surface area contributed by atoms with Gasteiger partial charge in [0.2, 0.25) is 0 Å². The van der Waals surface area contributed by atoms with Crippen molar-refractivity contribution in [1.82, 2.24) is 4.57 Å². The molecular formula is C44H29N. The predicted molar refractivity (Wildman–Crippen MR) is 192 cm³/mol. The highest BCUT2D eigenvalue weighted by Gasteiger charge is 2.14. The van der Waals surface area contributed by atoms with Gasteiger partial charge in [0.25, 0.3) is 0 Å². The molecule has 8 aromatic carbocycles. The van der Waals surface area contributed by atoms with E-state index in [4.69, 9.17) is 0 Å². The monoisotopic (exact) mass is 571 g/mol. The van der Waals surface area contributed by atoms with Gasteiger partial charge in [-0.3, -0.25) is 0 Å². The summed E-state index contributed by atoms with van der Waals surface area (Å²) in [4.78, 5) is 0. The molecule has 0 fully saturated rings. The number of aromatic nitrogens is 1. The zero-order chi connectivity index (χ0) is 29.7. The first-order valence-corrected chi connectivity index (χ1v) is 15.5. The minimum absolute atomic E-state index is 1.17. The molecule has 0 radical (unpaired) electrons. The Kier molecular flexibility index (Phi) is 5.89. The van der Waals surface area contributed by atoms with Gasteiger partial charge in [0.15, 0.2) is 0 Å². The maximum absolute atomic E-state index is 2.39. The van der Waals surface area contributed by atoms with E-state index < -0.39 is 0 Å². The topological polar surface area (TPSA) is 4.93 Å². The molecule has 0 amide bonds. The highest BCUT2D eigenvalue weighted by molar-refractivity contribution is 6.10. The highest BCUT2D eigenvalue weighted by Crippen LogP contribution is 2.36. The van der Waals surface area contributed by atoms with E-state index in [9.17, 15) is 0 Å². The van der Waals surface area contributed by atoms with Crippen molar-refractivity contribution in [3.8, 4) is 39.1 Å². The Hall–Kier alpha value is -5.92. The predicted octanol–water partition coefficient (Wildman–Crippen LogP) is 12.1. The number of hydrogen-bond donors (Lipinski definition) is 0. The molecule has 1 heterocycles. The van der Waals surface area contributed by atoms with Crippen LogP contribution in [0.25, 0.3) is 82.4 Å². The van der Waals surface area contributed by atoms with E-state index in [1.165, 1.54) is 82.4 Å². The molecule has 1 nitrogen and oxygen atoms in total. The summed E-state index contributed by atoms with van der Waals surface area (Å²) in [6, 6.07) is 64.0. The van der Waals surface area contributed by atoms with Gasteiger partial charge in [0, 0.05) is 16.5 Å². The summed E-state index contributed by atoms with van der Waals surface area (Å²) in [5, 5.41) is 7.60. The van der Waals surface area contributed by atoms with Crippen LogP contribution in [-0.2, 0) is 0 Å². The second-order valence-electron chi connectivity index (χ2n) is 11.8. The third kappa shape index (κ3) is 4.41. The van der Waals surface area contributed by atoms with E-state index in [0.717, 1.165) is 0 Å². The van der Waals surface area contributed by atoms with Crippen LogP contribution in [0.5, 0.6) is 0 Å². The van der Waals surface area contributed by atoms with E-state index in [1.54, 1.807) is 0 Å². The molecule has 0 N–H and O–H groups in total. The van der Waals surface area contributed by atoms with Gasteiger partial charge in [-0.2, -0.15) is 0 Å². The summed E-state index contributed by atoms with van der Waals surface area (Å²) in [5.74, 6) is 0. The van der Waals surface area contributed by atoms with E-state index in [2.05, 4.69) is 180 Å². The van der Waals surface area contributed by atoms with Crippen molar-refractivity contribution < 1.29 is 0 Å². The number of nitrogens with zero attached hydrogens (tertiary/aromatic N) is 1. The molecule has 0 spiro atoms. The molecule has 0 aliphatic carbocycles. The van der Waals surface area contributed by atoms with Crippen LogP contribution >= 0.6 is 0 Å². The zero-order valence-electron chi connectivity index (χ0n) is 24.7. The molecule has 0 atom stereocenters. The van der Waals surface area contributed by atoms with Crippen molar-refractivity contribution in [3.63, 3.8) is 0 Å². The third-order valence-electron chi connectivity index (χ3n) is 9.18. The van der Waals surface area contributed by atoms with Crippen LogP contribution in [0.2, 0.25) is 0 Å². The fraction of sp³-hybridized carbons (Fsp3) is 0. The van der Waals surface area contributed by atoms with Gasteiger partial charge in [-0.05, 0) is 97.4 Å². The van der Waals surface area contributed by atoms with Gasteiger partial charge in [-0.25, -0.2) is 0 Å². The van der Waals surface area contributed by atoms with Crippen molar-refractivity contribution in [3.05, 3.63) is 176 Å². The van der Waals surface area contributed by atoms with Gasteiger partial charge in [-0.15, -0.1) is 0 Å². The van der Waals surface area contributed by atoms with Crippen molar-refractivity contribution >= 4 is 43.4 Å². The number of fused-ring (bicyclic) bond motifs is 5. The van der Waals surface area contributed by atoms with Gasteiger partial charge >= 0.3 is 0 Å². The zero-order valence-corrected chi connectivity index (χ0v) is 24.7. The van der Waals surface area contributed by atoms with Crippen LogP contribution in [0.1, 0.15) is 0 Å². The summed E-state index contributed by atoms with van der Waals surface area (Å²) < 4.78 is 2.39. The Balaban J connectivity index is 1.08. The van der Waals surface area contributed by atoms with Crippen LogP contribution in [0.4, 0.5) is 0 Å². The number of rotatable bonds is 4. The quantitative estimate of drug-likeness (QED) is 0.198. The SMILES string of the molecule is c1ccc2cc(-c3ccc(-c4ccc5c(c4)c4ccccc4n5-c4ccc(-c5ccc6ccccc6c5)cc4)cc3)ccc2c1. The molecule has 9 aromatic rings. The summed E-state index contributed by atoms with van der Waals surface area (Å²) in [5.41, 5.74) is 11.0. The normalized spacial score (nSPS) is 11.6. The second-order valence-corrected chi connectivity index (χ2v) is 11.8. The van der Waals surface area contributed by atoms with Gasteiger partial charge in [0.1, 0.15) is 0 Å². The van der Waals surface area contributed by atoms with E-state index in [0.29, 0.717) is 0 Å². The van der Waals surface area contributed by atoms with E-state index in [-0.39, 0.29) is 0 Å². The third-order valence-corrected chi connectivity index (χ3v) is 9.18. The molecule has 1 heteroatoms. The van der Waals surface area contributed by atoms with Crippen LogP contribution in [0, 0.1) is 0 Å². The standard InChI is InChI=1S/C44H29N/c1-3-9-35-27-37(19-17-30(35)7-1)32-13-15-33(16-14-32)39-23-26-44-42(29-39)41-11-5-6-12-43(41)45(44)40-24-21-34(22-25-40)38-20-18-31-8-2-4-10-36(31)28-38/h1-29H. The van der Waals surface area contributed by atoms with E-state index in [1.807, 2.05) is 0 Å². The average Bonchev–Trinajstić information content (AvgIpc) is 3.45. The number of benzene rings is 8. The van der Waals surface area contributed by atoms with Crippen molar-refractivity contribution in [2.24, 2.45) is 0 Å². The van der Waals surface area contributed by atoms with E-state index >= 15 is 0 Å². The molecule has 0 bridgehead atoms. The lowest BCUT2D eigenvalue weighted by Crippen LogP contribution is -1.93. The second kappa shape index (κ2) is 10.4. The largest absolute Gasteiger partial charge is 0.309 e. The minimum Gasteiger partial charge on any atom is -0.309 e. The summed E-state index contributed by atoms with van der Waals surface area (Å²) >= 11 is 0. The smallest absolute Gasteiger partial charge is 0.0541 e. The molecular weight excluding hydrogens is 542 g/mol. The minimum atomic E-state index is 1.17. The highest BCUT2D eigenvalue weighted by atomic mass is 15.0. The first kappa shape index (κ1) is 25.6. The summed E-state index contributed by atoms with van der Waals surface area (Å²) in [6.07, 6.45) is 0. The lowest BCUT2D eigenvalue weighted by Gasteiger charge is -2.10. The Morgan fingerprint density at radius 1 is 0.267 bits per heavy atom. The Bertz CT molecular complexity index is 2510.